The molecule has 0 aliphatic heterocycles. The minimum atomic E-state index is -4.80. The fourth-order valence-electron chi connectivity index (χ4n) is 1.81. The molecule has 1 N–H and O–H groups in total. The Morgan fingerprint density at radius 1 is 1.24 bits per heavy atom. The van der Waals surface area contributed by atoms with Gasteiger partial charge in [0.2, 0.25) is 0 Å². The van der Waals surface area contributed by atoms with Crippen molar-refractivity contribution in [3.63, 3.8) is 0 Å². The summed E-state index contributed by atoms with van der Waals surface area (Å²) in [7, 11) is 0. The summed E-state index contributed by atoms with van der Waals surface area (Å²) >= 11 is 0. The van der Waals surface area contributed by atoms with Crippen molar-refractivity contribution in [3.05, 3.63) is 36.9 Å². The zero-order chi connectivity index (χ0) is 15.0. The van der Waals surface area contributed by atoms with E-state index in [1.807, 2.05) is 0 Å². The summed E-state index contributed by atoms with van der Waals surface area (Å²) in [4.78, 5) is 3.98. The van der Waals surface area contributed by atoms with Gasteiger partial charge in [0.25, 0.3) is 5.78 Å². The number of phenols is 1. The van der Waals surface area contributed by atoms with Crippen LogP contribution in [0.1, 0.15) is 0 Å². The smallest absolute Gasteiger partial charge is 0.507 e. The number of halogens is 3. The summed E-state index contributed by atoms with van der Waals surface area (Å²) in [5.74, 6) is -0.293. The van der Waals surface area contributed by atoms with Crippen LogP contribution in [0, 0.1) is 0 Å². The number of ether oxygens (including phenoxy) is 1. The Morgan fingerprint density at radius 3 is 2.81 bits per heavy atom. The van der Waals surface area contributed by atoms with Crippen LogP contribution in [0.4, 0.5) is 13.2 Å². The molecule has 0 atom stereocenters. The summed E-state index contributed by atoms with van der Waals surface area (Å²) < 4.78 is 42.0. The summed E-state index contributed by atoms with van der Waals surface area (Å²) in [6.45, 7) is 0. The van der Waals surface area contributed by atoms with Crippen molar-refractivity contribution in [2.75, 3.05) is 0 Å². The van der Waals surface area contributed by atoms with E-state index in [0.29, 0.717) is 11.3 Å². The predicted octanol–water partition coefficient (Wildman–Crippen LogP) is 2.40. The number of aromatic hydroxyl groups is 1. The van der Waals surface area contributed by atoms with Gasteiger partial charge in [-0.1, -0.05) is 0 Å². The average molecular weight is 296 g/mol. The number of alkyl halides is 3. The number of phenolic OH excluding ortho intramolecular Hbond substituents is 1. The Balaban J connectivity index is 2.05. The second kappa shape index (κ2) is 4.62. The molecule has 21 heavy (non-hydrogen) atoms. The second-order valence-electron chi connectivity index (χ2n) is 4.11. The van der Waals surface area contributed by atoms with Gasteiger partial charge in [-0.3, -0.25) is 4.40 Å². The van der Waals surface area contributed by atoms with Crippen molar-refractivity contribution in [2.45, 2.75) is 6.36 Å². The van der Waals surface area contributed by atoms with Gasteiger partial charge < -0.3 is 9.84 Å². The van der Waals surface area contributed by atoms with Crippen molar-refractivity contribution >= 4 is 5.78 Å². The van der Waals surface area contributed by atoms with Crippen LogP contribution in [0.3, 0.4) is 0 Å². The van der Waals surface area contributed by atoms with E-state index in [2.05, 4.69) is 19.9 Å². The van der Waals surface area contributed by atoms with Crippen molar-refractivity contribution in [1.82, 2.24) is 19.6 Å². The Morgan fingerprint density at radius 2 is 2.05 bits per heavy atom. The molecule has 3 rings (SSSR count). The van der Waals surface area contributed by atoms with Crippen molar-refractivity contribution in [1.29, 1.82) is 0 Å². The van der Waals surface area contributed by atoms with E-state index < -0.39 is 12.1 Å². The number of rotatable bonds is 2. The first kappa shape index (κ1) is 13.2. The maximum atomic E-state index is 12.2. The maximum absolute atomic E-state index is 12.2. The van der Waals surface area contributed by atoms with Crippen molar-refractivity contribution < 1.29 is 23.0 Å². The largest absolute Gasteiger partial charge is 0.573 e. The molecule has 9 heteroatoms. The number of hydrogen-bond donors (Lipinski definition) is 1. The number of benzene rings is 1. The Hall–Kier alpha value is -2.84. The van der Waals surface area contributed by atoms with Gasteiger partial charge in [0.05, 0.1) is 0 Å². The van der Waals surface area contributed by atoms with Crippen LogP contribution < -0.4 is 4.74 Å². The molecule has 0 radical (unpaired) electrons. The second-order valence-corrected chi connectivity index (χ2v) is 4.11. The number of fused-ring (bicyclic) bond motifs is 1. The Kier molecular flexibility index (Phi) is 2.89. The molecular formula is C12H7F3N4O2. The lowest BCUT2D eigenvalue weighted by Crippen LogP contribution is -2.17. The van der Waals surface area contributed by atoms with Gasteiger partial charge in [-0.05, 0) is 18.2 Å². The molecule has 2 aromatic heterocycles. The van der Waals surface area contributed by atoms with Crippen LogP contribution in [0.5, 0.6) is 11.5 Å². The highest BCUT2D eigenvalue weighted by Crippen LogP contribution is 2.34. The van der Waals surface area contributed by atoms with Crippen LogP contribution in [-0.2, 0) is 0 Å². The topological polar surface area (TPSA) is 72.5 Å². The van der Waals surface area contributed by atoms with E-state index in [9.17, 15) is 18.3 Å². The third-order valence-corrected chi connectivity index (χ3v) is 2.66. The summed E-state index contributed by atoms with van der Waals surface area (Å²) in [5.41, 5.74) is 0.548. The zero-order valence-electron chi connectivity index (χ0n) is 10.2. The minimum Gasteiger partial charge on any atom is -0.507 e. The Bertz CT molecular complexity index is 801. The normalized spacial score (nSPS) is 11.8. The third-order valence-electron chi connectivity index (χ3n) is 2.66. The maximum Gasteiger partial charge on any atom is 0.573 e. The molecule has 3 aromatic rings. The number of hydrogen-bond acceptors (Lipinski definition) is 5. The lowest BCUT2D eigenvalue weighted by atomic mass is 10.1. The molecule has 0 amide bonds. The van der Waals surface area contributed by atoms with E-state index in [0.717, 1.165) is 18.2 Å². The molecule has 0 spiro atoms. The first-order chi connectivity index (χ1) is 9.92. The van der Waals surface area contributed by atoms with Gasteiger partial charge in [-0.25, -0.2) is 4.98 Å². The van der Waals surface area contributed by atoms with Gasteiger partial charge in [-0.2, -0.15) is 0 Å². The lowest BCUT2D eigenvalue weighted by molar-refractivity contribution is -0.274. The molecule has 0 unspecified atom stereocenters. The SMILES string of the molecule is Oc1ccc(OC(F)(F)F)cc1-c1cnc2nncn2c1. The van der Waals surface area contributed by atoms with Crippen molar-refractivity contribution in [2.24, 2.45) is 0 Å². The highest BCUT2D eigenvalue weighted by Gasteiger charge is 2.31. The quantitative estimate of drug-likeness (QED) is 0.786. The van der Waals surface area contributed by atoms with Gasteiger partial charge in [0.1, 0.15) is 17.8 Å². The molecular weight excluding hydrogens is 289 g/mol. The predicted molar refractivity (Wildman–Crippen MR) is 64.6 cm³/mol. The molecule has 0 fully saturated rings. The number of nitrogens with zero attached hydrogens (tertiary/aromatic N) is 4. The minimum absolute atomic E-state index is 0.153. The van der Waals surface area contributed by atoms with E-state index in [-0.39, 0.29) is 11.3 Å². The molecule has 6 nitrogen and oxygen atoms in total. The third kappa shape index (κ3) is 2.71. The van der Waals surface area contributed by atoms with Crippen LogP contribution in [0.2, 0.25) is 0 Å². The first-order valence-corrected chi connectivity index (χ1v) is 5.67. The summed E-state index contributed by atoms with van der Waals surface area (Å²) in [5, 5.41) is 17.2. The highest BCUT2D eigenvalue weighted by atomic mass is 19.4. The van der Waals surface area contributed by atoms with Gasteiger partial charge >= 0.3 is 6.36 Å². The molecule has 0 bridgehead atoms. The van der Waals surface area contributed by atoms with Crippen LogP contribution in [-0.4, -0.2) is 31.1 Å². The number of aromatic nitrogens is 4. The van der Waals surface area contributed by atoms with Gasteiger partial charge in [-0.15, -0.1) is 23.4 Å². The van der Waals surface area contributed by atoms with Gasteiger partial charge in [0, 0.05) is 23.5 Å². The lowest BCUT2D eigenvalue weighted by Gasteiger charge is -2.11. The Labute approximate surface area is 115 Å². The molecule has 0 saturated heterocycles. The summed E-state index contributed by atoms with van der Waals surface area (Å²) in [6, 6.07) is 3.22. The van der Waals surface area contributed by atoms with Crippen molar-refractivity contribution in [3.8, 4) is 22.6 Å². The molecule has 108 valence electrons. The van der Waals surface area contributed by atoms with Gasteiger partial charge in [0.15, 0.2) is 0 Å². The standard InChI is InChI=1S/C12H7F3N4O2/c13-12(14,15)21-8-1-2-10(20)9(3-8)7-4-16-11-18-17-6-19(11)5-7/h1-6,20H. The van der Waals surface area contributed by atoms with E-state index in [1.165, 1.54) is 23.1 Å². The van der Waals surface area contributed by atoms with E-state index in [1.54, 1.807) is 0 Å². The highest BCUT2D eigenvalue weighted by molar-refractivity contribution is 5.70. The average Bonchev–Trinajstić information content (AvgIpc) is 2.86. The van der Waals surface area contributed by atoms with E-state index in [4.69, 9.17) is 0 Å². The van der Waals surface area contributed by atoms with Crippen LogP contribution in [0.15, 0.2) is 36.9 Å². The summed E-state index contributed by atoms with van der Waals surface area (Å²) in [6.07, 6.45) is -0.505. The van der Waals surface area contributed by atoms with Crippen LogP contribution >= 0.6 is 0 Å². The molecule has 1 aromatic carbocycles. The first-order valence-electron chi connectivity index (χ1n) is 5.67. The molecule has 0 saturated carbocycles. The molecule has 0 aliphatic rings. The van der Waals surface area contributed by atoms with E-state index >= 15 is 0 Å². The fraction of sp³-hybridized carbons (Fsp3) is 0.0833. The molecule has 0 aliphatic carbocycles. The monoisotopic (exact) mass is 296 g/mol. The fourth-order valence-corrected chi connectivity index (χ4v) is 1.81. The zero-order valence-corrected chi connectivity index (χ0v) is 10.2. The van der Waals surface area contributed by atoms with Crippen LogP contribution in [0.25, 0.3) is 16.9 Å². The molecule has 2 heterocycles.